The number of hydrogen-bond donors (Lipinski definition) is 0. The van der Waals surface area contributed by atoms with Gasteiger partial charge in [0.25, 0.3) is 0 Å². The van der Waals surface area contributed by atoms with E-state index in [1.165, 1.54) is 25.7 Å². The summed E-state index contributed by atoms with van der Waals surface area (Å²) in [5.41, 5.74) is 0. The van der Waals surface area contributed by atoms with E-state index in [9.17, 15) is 0 Å². The molecule has 89 valence electrons. The number of halogens is 2. The summed E-state index contributed by atoms with van der Waals surface area (Å²) in [4.78, 5) is 4.94. The van der Waals surface area contributed by atoms with Gasteiger partial charge in [-0.25, -0.2) is 0 Å². The summed E-state index contributed by atoms with van der Waals surface area (Å²) in [6.45, 7) is 9.38. The maximum Gasteiger partial charge on any atom is 3.00 e. The number of rotatable bonds is 2. The molecule has 0 aliphatic heterocycles. The molecule has 0 atom stereocenters. The molecule has 0 N–H and O–H groups in total. The van der Waals surface area contributed by atoms with E-state index in [4.69, 9.17) is 4.98 Å². The SMILES string of the molecule is CC1CCC([N-][Si](C)(C)C)CC1.[Cl-].[Cl-].[Zr+3]. The second kappa shape index (κ2) is 9.65. The van der Waals surface area contributed by atoms with Crippen molar-refractivity contribution in [3.8, 4) is 0 Å². The van der Waals surface area contributed by atoms with Gasteiger partial charge in [0.05, 0.1) is 0 Å². The zero-order valence-electron chi connectivity index (χ0n) is 10.2. The molecule has 0 aromatic carbocycles. The molecule has 0 aromatic rings. The molecule has 0 heterocycles. The Balaban J connectivity index is -0.000000480. The average molecular weight is 347 g/mol. The van der Waals surface area contributed by atoms with Crippen molar-refractivity contribution in [3.05, 3.63) is 4.98 Å². The molecule has 1 rings (SSSR count). The Morgan fingerprint density at radius 3 is 1.67 bits per heavy atom. The first-order valence-electron chi connectivity index (χ1n) is 5.19. The molecule has 1 fully saturated rings. The summed E-state index contributed by atoms with van der Waals surface area (Å²) in [6, 6.07) is 0.716. The predicted molar refractivity (Wildman–Crippen MR) is 58.1 cm³/mol. The van der Waals surface area contributed by atoms with Crippen molar-refractivity contribution < 1.29 is 51.0 Å². The first-order chi connectivity index (χ1) is 5.47. The molecule has 1 aliphatic rings. The van der Waals surface area contributed by atoms with Crippen LogP contribution in [0.4, 0.5) is 0 Å². The summed E-state index contributed by atoms with van der Waals surface area (Å²) in [7, 11) is -1.14. The fourth-order valence-corrected chi connectivity index (χ4v) is 3.27. The van der Waals surface area contributed by atoms with Gasteiger partial charge < -0.3 is 29.8 Å². The van der Waals surface area contributed by atoms with Crippen LogP contribution in [0.5, 0.6) is 0 Å². The summed E-state index contributed by atoms with van der Waals surface area (Å²) >= 11 is 0. The van der Waals surface area contributed by atoms with E-state index in [1.807, 2.05) is 0 Å². The van der Waals surface area contributed by atoms with Gasteiger partial charge in [-0.2, -0.15) is 0 Å². The van der Waals surface area contributed by atoms with Crippen molar-refractivity contribution in [2.45, 2.75) is 58.3 Å². The molecule has 0 spiro atoms. The van der Waals surface area contributed by atoms with Crippen molar-refractivity contribution in [2.24, 2.45) is 5.92 Å². The second-order valence-corrected chi connectivity index (χ2v) is 9.81. The maximum atomic E-state index is 4.94. The topological polar surface area (TPSA) is 14.1 Å². The predicted octanol–water partition coefficient (Wildman–Crippen LogP) is -2.22. The van der Waals surface area contributed by atoms with Crippen LogP contribution in [0, 0.1) is 5.92 Å². The fourth-order valence-electron chi connectivity index (χ4n) is 1.92. The molecule has 0 aromatic heterocycles. The van der Waals surface area contributed by atoms with Crippen LogP contribution in [-0.4, -0.2) is 14.3 Å². The quantitative estimate of drug-likeness (QED) is 0.503. The Labute approximate surface area is 128 Å². The van der Waals surface area contributed by atoms with Crippen molar-refractivity contribution in [1.82, 2.24) is 0 Å². The molecule has 0 saturated heterocycles. The third-order valence-corrected chi connectivity index (χ3v) is 3.69. The molecule has 0 unspecified atom stereocenters. The van der Waals surface area contributed by atoms with Crippen LogP contribution in [0.25, 0.3) is 4.98 Å². The van der Waals surface area contributed by atoms with E-state index >= 15 is 0 Å². The van der Waals surface area contributed by atoms with Gasteiger partial charge in [-0.05, 0) is 5.92 Å². The molecule has 1 nitrogen and oxygen atoms in total. The van der Waals surface area contributed by atoms with Crippen LogP contribution in [-0.2, 0) is 26.2 Å². The maximum absolute atomic E-state index is 4.94. The van der Waals surface area contributed by atoms with Gasteiger partial charge in [-0.3, -0.25) is 0 Å². The molecule has 1 saturated carbocycles. The normalized spacial score (nSPS) is 25.6. The van der Waals surface area contributed by atoms with Crippen LogP contribution < -0.4 is 24.8 Å². The fraction of sp³-hybridized carbons (Fsp3) is 1.00. The van der Waals surface area contributed by atoms with Gasteiger partial charge >= 0.3 is 26.2 Å². The van der Waals surface area contributed by atoms with E-state index in [1.54, 1.807) is 0 Å². The Kier molecular flexibility index (Phi) is 14.1. The third-order valence-electron chi connectivity index (χ3n) is 2.56. The van der Waals surface area contributed by atoms with E-state index < -0.39 is 8.24 Å². The second-order valence-electron chi connectivity index (χ2n) is 5.21. The Hall–Kier alpha value is 1.64. The minimum atomic E-state index is -1.14. The van der Waals surface area contributed by atoms with Gasteiger partial charge in [-0.15, -0.1) is 6.04 Å². The van der Waals surface area contributed by atoms with Crippen LogP contribution in [0.2, 0.25) is 19.6 Å². The third kappa shape index (κ3) is 10.5. The largest absolute Gasteiger partial charge is 3.00 e. The minimum absolute atomic E-state index is 0. The van der Waals surface area contributed by atoms with E-state index in [2.05, 4.69) is 26.6 Å². The molecule has 15 heavy (non-hydrogen) atoms. The summed E-state index contributed by atoms with van der Waals surface area (Å²) < 4.78 is 0. The first kappa shape index (κ1) is 21.9. The molecule has 0 amide bonds. The first-order valence-corrected chi connectivity index (χ1v) is 8.64. The standard InChI is InChI=1S/C10H22NSi.2ClH.Zr/c1-9-5-7-10(8-6-9)11-12(2,3)4;;;/h9-10H,5-8H2,1-4H3;2*1H;/q-1;;;+3/p-2. The average Bonchev–Trinajstić information content (AvgIpc) is 1.91. The number of nitrogens with zero attached hydrogens (tertiary/aromatic N) is 1. The van der Waals surface area contributed by atoms with Crippen molar-refractivity contribution in [1.29, 1.82) is 0 Å². The summed E-state index contributed by atoms with van der Waals surface area (Å²) in [5, 5.41) is 0. The van der Waals surface area contributed by atoms with Crippen molar-refractivity contribution in [3.63, 3.8) is 0 Å². The Bertz CT molecular complexity index is 145. The van der Waals surface area contributed by atoms with Crippen LogP contribution in [0.15, 0.2) is 0 Å². The smallest absolute Gasteiger partial charge is 1.00 e. The van der Waals surface area contributed by atoms with Gasteiger partial charge in [-0.1, -0.05) is 60.5 Å². The molecular formula is C10H22Cl2NSiZr. The summed E-state index contributed by atoms with van der Waals surface area (Å²) in [6.07, 6.45) is 5.51. The van der Waals surface area contributed by atoms with Gasteiger partial charge in [0.15, 0.2) is 0 Å². The van der Waals surface area contributed by atoms with E-state index in [-0.39, 0.29) is 51.0 Å². The Morgan fingerprint density at radius 2 is 1.33 bits per heavy atom. The van der Waals surface area contributed by atoms with Gasteiger partial charge in [0.2, 0.25) is 0 Å². The monoisotopic (exact) mass is 344 g/mol. The van der Waals surface area contributed by atoms with Crippen LogP contribution >= 0.6 is 0 Å². The molecule has 1 radical (unpaired) electrons. The van der Waals surface area contributed by atoms with Crippen LogP contribution in [0.1, 0.15) is 32.6 Å². The Morgan fingerprint density at radius 1 is 0.933 bits per heavy atom. The summed E-state index contributed by atoms with van der Waals surface area (Å²) in [5.74, 6) is 0.957. The van der Waals surface area contributed by atoms with Gasteiger partial charge in [0, 0.05) is 0 Å². The molecule has 1 aliphatic carbocycles. The van der Waals surface area contributed by atoms with Crippen molar-refractivity contribution >= 4 is 8.24 Å². The molecule has 0 bridgehead atoms. The zero-order chi connectivity index (χ0) is 9.19. The van der Waals surface area contributed by atoms with E-state index in [0.29, 0.717) is 6.04 Å². The van der Waals surface area contributed by atoms with Crippen LogP contribution in [0.3, 0.4) is 0 Å². The van der Waals surface area contributed by atoms with Crippen molar-refractivity contribution in [2.75, 3.05) is 0 Å². The minimum Gasteiger partial charge on any atom is -1.00 e. The molecular weight excluding hydrogens is 324 g/mol. The number of hydrogen-bond acceptors (Lipinski definition) is 0. The van der Waals surface area contributed by atoms with Gasteiger partial charge in [0.1, 0.15) is 0 Å². The zero-order valence-corrected chi connectivity index (χ0v) is 15.2. The molecule has 5 heteroatoms. The van der Waals surface area contributed by atoms with E-state index in [0.717, 1.165) is 5.92 Å².